The summed E-state index contributed by atoms with van der Waals surface area (Å²) in [7, 11) is 0. The lowest BCUT2D eigenvalue weighted by Gasteiger charge is -2.06. The van der Waals surface area contributed by atoms with Crippen LogP contribution < -0.4 is 10.7 Å². The van der Waals surface area contributed by atoms with E-state index < -0.39 is 0 Å². The third-order valence-corrected chi connectivity index (χ3v) is 3.58. The molecular weight excluding hydrogens is 290 g/mol. The highest BCUT2D eigenvalue weighted by atomic mass is 35.5. The summed E-state index contributed by atoms with van der Waals surface area (Å²) < 4.78 is 0. The second-order valence-corrected chi connectivity index (χ2v) is 5.50. The molecule has 1 fully saturated rings. The number of hydrogen-bond donors (Lipinski definition) is 2. The Hall–Kier alpha value is -1.88. The lowest BCUT2D eigenvalue weighted by molar-refractivity contribution is -0.124. The molecule has 21 heavy (non-hydrogen) atoms. The van der Waals surface area contributed by atoms with Crippen molar-refractivity contribution in [2.75, 3.05) is 5.32 Å². The molecule has 1 aliphatic rings. The SMILES string of the molecule is CC(=NNC(=O)CCC(=O)Nc1ccccc1Cl)C1CC1. The van der Waals surface area contributed by atoms with Crippen molar-refractivity contribution in [3.05, 3.63) is 29.3 Å². The van der Waals surface area contributed by atoms with Crippen LogP contribution >= 0.6 is 11.6 Å². The number of hydrogen-bond acceptors (Lipinski definition) is 3. The summed E-state index contributed by atoms with van der Waals surface area (Å²) in [5.74, 6) is 0.0132. The van der Waals surface area contributed by atoms with Crippen LogP contribution in [0.25, 0.3) is 0 Å². The molecule has 0 atom stereocenters. The average Bonchev–Trinajstić information content (AvgIpc) is 3.29. The second kappa shape index (κ2) is 7.22. The molecule has 0 aromatic heterocycles. The molecule has 1 aliphatic carbocycles. The number of anilines is 1. The predicted molar refractivity (Wildman–Crippen MR) is 83.3 cm³/mol. The molecule has 6 heteroatoms. The van der Waals surface area contributed by atoms with Gasteiger partial charge in [0.1, 0.15) is 0 Å². The van der Waals surface area contributed by atoms with Crippen LogP contribution in [0.15, 0.2) is 29.4 Å². The Labute approximate surface area is 128 Å². The minimum absolute atomic E-state index is 0.0923. The number of benzene rings is 1. The van der Waals surface area contributed by atoms with Gasteiger partial charge in [-0.25, -0.2) is 5.43 Å². The minimum atomic E-state index is -0.260. The Morgan fingerprint density at radius 2 is 1.90 bits per heavy atom. The topological polar surface area (TPSA) is 70.6 Å². The summed E-state index contributed by atoms with van der Waals surface area (Å²) >= 11 is 5.94. The van der Waals surface area contributed by atoms with Crippen LogP contribution in [0.4, 0.5) is 5.69 Å². The fraction of sp³-hybridized carbons (Fsp3) is 0.400. The molecular formula is C15H18ClN3O2. The van der Waals surface area contributed by atoms with Gasteiger partial charge in [-0.05, 0) is 37.8 Å². The highest BCUT2D eigenvalue weighted by molar-refractivity contribution is 6.33. The van der Waals surface area contributed by atoms with E-state index in [-0.39, 0.29) is 24.7 Å². The number of halogens is 1. The maximum absolute atomic E-state index is 11.7. The molecule has 2 rings (SSSR count). The molecule has 5 nitrogen and oxygen atoms in total. The highest BCUT2D eigenvalue weighted by Crippen LogP contribution is 2.30. The van der Waals surface area contributed by atoms with Crippen molar-refractivity contribution in [3.63, 3.8) is 0 Å². The van der Waals surface area contributed by atoms with Gasteiger partial charge in [-0.3, -0.25) is 9.59 Å². The zero-order valence-electron chi connectivity index (χ0n) is 11.9. The van der Waals surface area contributed by atoms with Crippen LogP contribution in [0.3, 0.4) is 0 Å². The summed E-state index contributed by atoms with van der Waals surface area (Å²) in [6, 6.07) is 6.97. The molecule has 2 amide bonds. The second-order valence-electron chi connectivity index (χ2n) is 5.09. The number of carbonyl (C=O) groups is 2. The van der Waals surface area contributed by atoms with Crippen LogP contribution in [0.5, 0.6) is 0 Å². The third kappa shape index (κ3) is 5.19. The molecule has 1 aromatic carbocycles. The van der Waals surface area contributed by atoms with Gasteiger partial charge in [0.2, 0.25) is 11.8 Å². The van der Waals surface area contributed by atoms with Crippen LogP contribution in [-0.4, -0.2) is 17.5 Å². The van der Waals surface area contributed by atoms with Gasteiger partial charge in [-0.1, -0.05) is 23.7 Å². The van der Waals surface area contributed by atoms with Gasteiger partial charge in [0, 0.05) is 18.6 Å². The molecule has 1 aromatic rings. The van der Waals surface area contributed by atoms with E-state index in [1.165, 1.54) is 0 Å². The molecule has 112 valence electrons. The van der Waals surface area contributed by atoms with Crippen molar-refractivity contribution < 1.29 is 9.59 Å². The number of hydrazone groups is 1. The van der Waals surface area contributed by atoms with E-state index in [0.29, 0.717) is 16.6 Å². The standard InChI is InChI=1S/C15H18ClN3O2/c1-10(11-6-7-11)18-19-15(21)9-8-14(20)17-13-5-3-2-4-12(13)16/h2-5,11H,6-9H2,1H3,(H,17,20)(H,19,21). The summed E-state index contributed by atoms with van der Waals surface area (Å²) in [6.45, 7) is 1.90. The quantitative estimate of drug-likeness (QED) is 0.626. The monoisotopic (exact) mass is 307 g/mol. The molecule has 0 heterocycles. The average molecular weight is 308 g/mol. The number of amides is 2. The summed E-state index contributed by atoms with van der Waals surface area (Å²) in [4.78, 5) is 23.3. The Morgan fingerprint density at radius 3 is 2.57 bits per heavy atom. The summed E-state index contributed by atoms with van der Waals surface area (Å²) in [5.41, 5.74) is 3.97. The first kappa shape index (κ1) is 15.5. The van der Waals surface area contributed by atoms with Crippen LogP contribution in [0, 0.1) is 5.92 Å². The molecule has 1 saturated carbocycles. The van der Waals surface area contributed by atoms with Gasteiger partial charge in [-0.2, -0.15) is 5.10 Å². The van der Waals surface area contributed by atoms with Gasteiger partial charge in [0.15, 0.2) is 0 Å². The molecule has 0 radical (unpaired) electrons. The maximum atomic E-state index is 11.7. The van der Waals surface area contributed by atoms with Crippen molar-refractivity contribution >= 4 is 34.8 Å². The smallest absolute Gasteiger partial charge is 0.240 e. The number of carbonyl (C=O) groups excluding carboxylic acids is 2. The van der Waals surface area contributed by atoms with Gasteiger partial charge in [0.05, 0.1) is 10.7 Å². The van der Waals surface area contributed by atoms with E-state index in [9.17, 15) is 9.59 Å². The molecule has 0 bridgehead atoms. The first-order chi connectivity index (χ1) is 10.1. The van der Waals surface area contributed by atoms with Crippen molar-refractivity contribution in [3.8, 4) is 0 Å². The van der Waals surface area contributed by atoms with Crippen molar-refractivity contribution in [2.24, 2.45) is 11.0 Å². The predicted octanol–water partition coefficient (Wildman–Crippen LogP) is 2.96. The largest absolute Gasteiger partial charge is 0.325 e. The van der Waals surface area contributed by atoms with E-state index in [0.717, 1.165) is 18.6 Å². The van der Waals surface area contributed by atoms with Gasteiger partial charge < -0.3 is 5.32 Å². The van der Waals surface area contributed by atoms with Crippen molar-refractivity contribution in [1.82, 2.24) is 5.43 Å². The Balaban J connectivity index is 1.72. The third-order valence-electron chi connectivity index (χ3n) is 3.25. The molecule has 0 spiro atoms. The zero-order chi connectivity index (χ0) is 15.2. The van der Waals surface area contributed by atoms with Crippen LogP contribution in [-0.2, 0) is 9.59 Å². The van der Waals surface area contributed by atoms with E-state index in [2.05, 4.69) is 15.8 Å². The van der Waals surface area contributed by atoms with E-state index >= 15 is 0 Å². The van der Waals surface area contributed by atoms with E-state index in [4.69, 9.17) is 11.6 Å². The van der Waals surface area contributed by atoms with Crippen LogP contribution in [0.1, 0.15) is 32.6 Å². The molecule has 0 unspecified atom stereocenters. The minimum Gasteiger partial charge on any atom is -0.325 e. The summed E-state index contributed by atoms with van der Waals surface area (Å²) in [5, 5.41) is 7.17. The van der Waals surface area contributed by atoms with Crippen LogP contribution in [0.2, 0.25) is 5.02 Å². The molecule has 0 saturated heterocycles. The molecule has 0 aliphatic heterocycles. The normalized spacial score (nSPS) is 14.7. The molecule has 2 N–H and O–H groups in total. The van der Waals surface area contributed by atoms with Gasteiger partial charge in [-0.15, -0.1) is 0 Å². The van der Waals surface area contributed by atoms with E-state index in [1.807, 2.05) is 6.92 Å². The first-order valence-electron chi connectivity index (χ1n) is 6.93. The number of nitrogens with zero attached hydrogens (tertiary/aromatic N) is 1. The maximum Gasteiger partial charge on any atom is 0.240 e. The fourth-order valence-electron chi connectivity index (χ4n) is 1.80. The zero-order valence-corrected chi connectivity index (χ0v) is 12.6. The lowest BCUT2D eigenvalue weighted by atomic mass is 10.2. The summed E-state index contributed by atoms with van der Waals surface area (Å²) in [6.07, 6.45) is 2.48. The Bertz CT molecular complexity index is 568. The highest BCUT2D eigenvalue weighted by Gasteiger charge is 2.24. The number of rotatable bonds is 6. The first-order valence-corrected chi connectivity index (χ1v) is 7.31. The van der Waals surface area contributed by atoms with Crippen molar-refractivity contribution in [2.45, 2.75) is 32.6 Å². The van der Waals surface area contributed by atoms with Gasteiger partial charge >= 0.3 is 0 Å². The number of nitrogens with one attached hydrogen (secondary N) is 2. The van der Waals surface area contributed by atoms with E-state index in [1.54, 1.807) is 24.3 Å². The Morgan fingerprint density at radius 1 is 1.24 bits per heavy atom. The fourth-order valence-corrected chi connectivity index (χ4v) is 1.98. The Kier molecular flexibility index (Phi) is 5.33. The van der Waals surface area contributed by atoms with Crippen molar-refractivity contribution in [1.29, 1.82) is 0 Å². The van der Waals surface area contributed by atoms with Gasteiger partial charge in [0.25, 0.3) is 0 Å². The lowest BCUT2D eigenvalue weighted by Crippen LogP contribution is -2.22. The number of para-hydroxylation sites is 1.